The van der Waals surface area contributed by atoms with Gasteiger partial charge in [-0.2, -0.15) is 0 Å². The molecule has 0 aliphatic carbocycles. The van der Waals surface area contributed by atoms with E-state index in [1.807, 2.05) is 42.5 Å². The number of benzene rings is 2. The first-order valence-corrected chi connectivity index (χ1v) is 5.94. The smallest absolute Gasteiger partial charge is 0.219 e. The van der Waals surface area contributed by atoms with Crippen molar-refractivity contribution in [1.29, 1.82) is 0 Å². The predicted octanol–water partition coefficient (Wildman–Crippen LogP) is 3.84. The molecule has 0 unspecified atom stereocenters. The highest BCUT2D eigenvalue weighted by Gasteiger charge is 2.05. The van der Waals surface area contributed by atoms with Crippen LogP contribution >= 0.6 is 0 Å². The van der Waals surface area contributed by atoms with E-state index in [-0.39, 0.29) is 0 Å². The summed E-state index contributed by atoms with van der Waals surface area (Å²) in [6.07, 6.45) is 2.50. The van der Waals surface area contributed by atoms with Crippen molar-refractivity contribution in [3.05, 3.63) is 66.4 Å². The molecule has 3 aromatic rings. The Morgan fingerprint density at radius 3 is 2.63 bits per heavy atom. The molecule has 2 aromatic carbocycles. The summed E-state index contributed by atoms with van der Waals surface area (Å²) in [7, 11) is 0. The molecule has 0 fully saturated rings. The number of hydrogen-bond donors (Lipinski definition) is 0. The molecule has 0 aliphatic heterocycles. The molecule has 0 saturated heterocycles. The van der Waals surface area contributed by atoms with Crippen LogP contribution in [0.2, 0.25) is 0 Å². The number of nitrogens with zero attached hydrogens (tertiary/aromatic N) is 1. The fourth-order valence-electron chi connectivity index (χ4n) is 2.00. The Hall–Kier alpha value is -2.68. The van der Waals surface area contributed by atoms with Gasteiger partial charge in [-0.3, -0.25) is 4.79 Å². The van der Waals surface area contributed by atoms with Crippen LogP contribution in [0.4, 0.5) is 0 Å². The van der Waals surface area contributed by atoms with Crippen LogP contribution in [0.25, 0.3) is 10.8 Å². The second-order valence-electron chi connectivity index (χ2n) is 4.12. The van der Waals surface area contributed by atoms with Crippen LogP contribution in [0.3, 0.4) is 0 Å². The van der Waals surface area contributed by atoms with E-state index < -0.39 is 0 Å². The standard InChI is InChI=1S/C16H11NO2/c18-11-13-10-14(19-16-7-3-4-8-17-16)9-12-5-1-2-6-15(12)13/h1-11H. The maximum atomic E-state index is 11.2. The summed E-state index contributed by atoms with van der Waals surface area (Å²) in [6.45, 7) is 0. The van der Waals surface area contributed by atoms with Gasteiger partial charge in [-0.25, -0.2) is 4.98 Å². The van der Waals surface area contributed by atoms with E-state index in [0.29, 0.717) is 17.2 Å². The van der Waals surface area contributed by atoms with Crippen molar-refractivity contribution in [3.8, 4) is 11.6 Å². The Morgan fingerprint density at radius 2 is 1.84 bits per heavy atom. The summed E-state index contributed by atoms with van der Waals surface area (Å²) in [5, 5.41) is 1.89. The molecule has 0 spiro atoms. The van der Waals surface area contributed by atoms with Crippen LogP contribution in [-0.2, 0) is 0 Å². The van der Waals surface area contributed by atoms with Crippen molar-refractivity contribution in [2.45, 2.75) is 0 Å². The van der Waals surface area contributed by atoms with Crippen LogP contribution in [0.1, 0.15) is 10.4 Å². The fourth-order valence-corrected chi connectivity index (χ4v) is 2.00. The average Bonchev–Trinajstić information content (AvgIpc) is 2.47. The zero-order chi connectivity index (χ0) is 13.1. The van der Waals surface area contributed by atoms with E-state index in [1.54, 1.807) is 18.3 Å². The van der Waals surface area contributed by atoms with Gasteiger partial charge in [0.25, 0.3) is 0 Å². The summed E-state index contributed by atoms with van der Waals surface area (Å²) in [4.78, 5) is 15.3. The summed E-state index contributed by atoms with van der Waals surface area (Å²) >= 11 is 0. The molecule has 0 bridgehead atoms. The first-order chi connectivity index (χ1) is 9.36. The highest BCUT2D eigenvalue weighted by atomic mass is 16.5. The average molecular weight is 249 g/mol. The third kappa shape index (κ3) is 2.31. The SMILES string of the molecule is O=Cc1cc(Oc2ccccn2)cc2ccccc12. The Morgan fingerprint density at radius 1 is 1.00 bits per heavy atom. The van der Waals surface area contributed by atoms with Crippen LogP contribution in [0.5, 0.6) is 11.6 Å². The molecular weight excluding hydrogens is 238 g/mol. The summed E-state index contributed by atoms with van der Waals surface area (Å²) in [5.41, 5.74) is 0.615. The van der Waals surface area contributed by atoms with Gasteiger partial charge in [0.05, 0.1) is 0 Å². The van der Waals surface area contributed by atoms with E-state index in [4.69, 9.17) is 4.74 Å². The number of pyridine rings is 1. The highest BCUT2D eigenvalue weighted by Crippen LogP contribution is 2.27. The molecule has 1 heterocycles. The predicted molar refractivity (Wildman–Crippen MR) is 73.6 cm³/mol. The maximum Gasteiger partial charge on any atom is 0.219 e. The largest absolute Gasteiger partial charge is 0.439 e. The molecule has 19 heavy (non-hydrogen) atoms. The number of ether oxygens (including phenoxy) is 1. The van der Waals surface area contributed by atoms with E-state index in [9.17, 15) is 4.79 Å². The second-order valence-corrected chi connectivity index (χ2v) is 4.12. The topological polar surface area (TPSA) is 39.2 Å². The number of rotatable bonds is 3. The lowest BCUT2D eigenvalue weighted by Gasteiger charge is -2.07. The van der Waals surface area contributed by atoms with Crippen molar-refractivity contribution in [3.63, 3.8) is 0 Å². The van der Waals surface area contributed by atoms with E-state index in [0.717, 1.165) is 17.1 Å². The monoisotopic (exact) mass is 249 g/mol. The van der Waals surface area contributed by atoms with Gasteiger partial charge in [0.15, 0.2) is 6.29 Å². The van der Waals surface area contributed by atoms with Gasteiger partial charge in [0.2, 0.25) is 5.88 Å². The summed E-state index contributed by atoms with van der Waals surface area (Å²) in [5.74, 6) is 1.12. The molecule has 3 heteroatoms. The molecule has 0 atom stereocenters. The third-order valence-electron chi connectivity index (χ3n) is 2.85. The van der Waals surface area contributed by atoms with Gasteiger partial charge in [0, 0.05) is 17.8 Å². The van der Waals surface area contributed by atoms with Gasteiger partial charge in [-0.05, 0) is 29.0 Å². The Balaban J connectivity index is 2.07. The first kappa shape index (κ1) is 11.4. The van der Waals surface area contributed by atoms with Crippen LogP contribution in [0, 0.1) is 0 Å². The second kappa shape index (κ2) is 4.90. The first-order valence-electron chi connectivity index (χ1n) is 5.94. The zero-order valence-electron chi connectivity index (χ0n) is 10.1. The van der Waals surface area contributed by atoms with Crippen LogP contribution in [0.15, 0.2) is 60.8 Å². The molecule has 0 N–H and O–H groups in total. The molecule has 3 nitrogen and oxygen atoms in total. The molecule has 0 radical (unpaired) electrons. The molecule has 0 amide bonds. The molecular formula is C16H11NO2. The molecule has 1 aromatic heterocycles. The number of aldehydes is 1. The van der Waals surface area contributed by atoms with E-state index in [1.165, 1.54) is 0 Å². The quantitative estimate of drug-likeness (QED) is 0.662. The van der Waals surface area contributed by atoms with Crippen LogP contribution < -0.4 is 4.74 Å². The van der Waals surface area contributed by atoms with Gasteiger partial charge in [-0.1, -0.05) is 30.3 Å². The number of carbonyl (C=O) groups excluding carboxylic acids is 1. The maximum absolute atomic E-state index is 11.2. The minimum Gasteiger partial charge on any atom is -0.439 e. The number of hydrogen-bond acceptors (Lipinski definition) is 3. The van der Waals surface area contributed by atoms with Gasteiger partial charge in [0.1, 0.15) is 5.75 Å². The van der Waals surface area contributed by atoms with E-state index in [2.05, 4.69) is 4.98 Å². The Labute approximate surface area is 110 Å². The molecule has 0 saturated carbocycles. The molecule has 92 valence electrons. The van der Waals surface area contributed by atoms with Gasteiger partial charge >= 0.3 is 0 Å². The minimum atomic E-state index is 0.509. The Kier molecular flexibility index (Phi) is 2.94. The summed E-state index contributed by atoms with van der Waals surface area (Å²) in [6, 6.07) is 16.8. The molecule has 0 aliphatic rings. The van der Waals surface area contributed by atoms with Gasteiger partial charge < -0.3 is 4.74 Å². The van der Waals surface area contributed by atoms with E-state index >= 15 is 0 Å². The minimum absolute atomic E-state index is 0.509. The molecule has 3 rings (SSSR count). The normalized spacial score (nSPS) is 10.3. The lowest BCUT2D eigenvalue weighted by atomic mass is 10.1. The van der Waals surface area contributed by atoms with Crippen molar-refractivity contribution in [1.82, 2.24) is 4.98 Å². The van der Waals surface area contributed by atoms with Crippen LogP contribution in [-0.4, -0.2) is 11.3 Å². The lowest BCUT2D eigenvalue weighted by molar-refractivity contribution is 0.112. The van der Waals surface area contributed by atoms with Crippen molar-refractivity contribution < 1.29 is 9.53 Å². The number of carbonyl (C=O) groups is 1. The van der Waals surface area contributed by atoms with Gasteiger partial charge in [-0.15, -0.1) is 0 Å². The highest BCUT2D eigenvalue weighted by molar-refractivity contribution is 5.99. The Bertz CT molecular complexity index is 723. The van der Waals surface area contributed by atoms with Crippen molar-refractivity contribution in [2.75, 3.05) is 0 Å². The van der Waals surface area contributed by atoms with Crippen molar-refractivity contribution >= 4 is 17.1 Å². The zero-order valence-corrected chi connectivity index (χ0v) is 10.1. The number of aromatic nitrogens is 1. The summed E-state index contributed by atoms with van der Waals surface area (Å²) < 4.78 is 5.66. The fraction of sp³-hybridized carbons (Fsp3) is 0. The lowest BCUT2D eigenvalue weighted by Crippen LogP contribution is -1.90. The number of fused-ring (bicyclic) bond motifs is 1. The van der Waals surface area contributed by atoms with Crippen molar-refractivity contribution in [2.24, 2.45) is 0 Å². The third-order valence-corrected chi connectivity index (χ3v) is 2.85.